The molecule has 0 radical (unpaired) electrons. The standard InChI is InChI=1S/C25H34ClN3O4S/c1-5-19-13-15-21(16-14-19)29(34(4,32)33)17-9-12-24(30)28(23(6-2)25(31)27-3)18-20-10-7-8-11-22(20)26/h7-8,10-11,13-16,23H,5-6,9,12,17-18H2,1-4H3,(H,27,31)/t23-/m0/s1. The summed E-state index contributed by atoms with van der Waals surface area (Å²) in [5, 5.41) is 3.14. The van der Waals surface area contributed by atoms with Gasteiger partial charge in [-0.05, 0) is 48.6 Å². The van der Waals surface area contributed by atoms with Crippen molar-refractivity contribution in [3.8, 4) is 0 Å². The molecule has 0 aliphatic carbocycles. The molecule has 0 aliphatic rings. The van der Waals surface area contributed by atoms with Crippen LogP contribution < -0.4 is 9.62 Å². The third-order valence-corrected chi connectivity index (χ3v) is 7.28. The van der Waals surface area contributed by atoms with Gasteiger partial charge in [0.15, 0.2) is 0 Å². The number of carbonyl (C=O) groups excluding carboxylic acids is 2. The second kappa shape index (κ2) is 12.8. The van der Waals surface area contributed by atoms with E-state index in [0.717, 1.165) is 23.8 Å². The summed E-state index contributed by atoms with van der Waals surface area (Å²) in [6, 6.07) is 13.9. The van der Waals surface area contributed by atoms with Gasteiger partial charge in [-0.25, -0.2) is 8.42 Å². The van der Waals surface area contributed by atoms with E-state index in [-0.39, 0.29) is 31.3 Å². The van der Waals surface area contributed by atoms with Gasteiger partial charge >= 0.3 is 0 Å². The SMILES string of the molecule is CCc1ccc(N(CCCC(=O)N(Cc2ccccc2Cl)[C@@H](CC)C(=O)NC)S(C)(=O)=O)cc1. The summed E-state index contributed by atoms with van der Waals surface area (Å²) in [5.74, 6) is -0.484. The second-order valence-corrected chi connectivity index (χ2v) is 10.4. The minimum absolute atomic E-state index is 0.0943. The third kappa shape index (κ3) is 7.46. The van der Waals surface area contributed by atoms with Gasteiger partial charge < -0.3 is 10.2 Å². The number of hydrogen-bond donors (Lipinski definition) is 1. The number of benzene rings is 2. The summed E-state index contributed by atoms with van der Waals surface area (Å²) in [6.45, 7) is 4.23. The van der Waals surface area contributed by atoms with Gasteiger partial charge in [0.25, 0.3) is 0 Å². The minimum atomic E-state index is -3.52. The lowest BCUT2D eigenvalue weighted by atomic mass is 10.1. The Kier molecular flexibility index (Phi) is 10.4. The molecule has 7 nitrogen and oxygen atoms in total. The van der Waals surface area contributed by atoms with Crippen molar-refractivity contribution >= 4 is 39.1 Å². The number of likely N-dealkylation sites (N-methyl/N-ethyl adjacent to an activating group) is 1. The van der Waals surface area contributed by atoms with Crippen molar-refractivity contribution in [3.05, 3.63) is 64.7 Å². The fourth-order valence-corrected chi connectivity index (χ4v) is 4.96. The van der Waals surface area contributed by atoms with E-state index in [1.54, 1.807) is 24.3 Å². The van der Waals surface area contributed by atoms with Crippen LogP contribution >= 0.6 is 11.6 Å². The van der Waals surface area contributed by atoms with E-state index in [2.05, 4.69) is 5.32 Å². The van der Waals surface area contributed by atoms with Crippen molar-refractivity contribution in [2.45, 2.75) is 52.1 Å². The highest BCUT2D eigenvalue weighted by molar-refractivity contribution is 7.92. The minimum Gasteiger partial charge on any atom is -0.357 e. The molecule has 0 saturated carbocycles. The molecule has 1 atom stereocenters. The summed E-state index contributed by atoms with van der Waals surface area (Å²) >= 11 is 6.31. The van der Waals surface area contributed by atoms with Gasteiger partial charge in [-0.15, -0.1) is 0 Å². The number of nitrogens with zero attached hydrogens (tertiary/aromatic N) is 2. The van der Waals surface area contributed by atoms with Crippen LogP contribution in [0.3, 0.4) is 0 Å². The topological polar surface area (TPSA) is 86.8 Å². The first kappa shape index (κ1) is 27.7. The number of nitrogens with one attached hydrogen (secondary N) is 1. The second-order valence-electron chi connectivity index (χ2n) is 8.11. The number of rotatable bonds is 12. The number of carbonyl (C=O) groups is 2. The Balaban J connectivity index is 2.19. The summed E-state index contributed by atoms with van der Waals surface area (Å²) in [7, 11) is -1.98. The highest BCUT2D eigenvalue weighted by Crippen LogP contribution is 2.22. The first-order valence-electron chi connectivity index (χ1n) is 11.4. The molecular weight excluding hydrogens is 474 g/mol. The molecule has 9 heteroatoms. The number of halogens is 1. The van der Waals surface area contributed by atoms with Crippen LogP contribution in [0.1, 0.15) is 44.2 Å². The van der Waals surface area contributed by atoms with E-state index in [1.165, 1.54) is 16.3 Å². The molecule has 2 aromatic rings. The smallest absolute Gasteiger partial charge is 0.242 e. The molecule has 0 unspecified atom stereocenters. The van der Waals surface area contributed by atoms with Crippen molar-refractivity contribution in [3.63, 3.8) is 0 Å². The molecule has 34 heavy (non-hydrogen) atoms. The number of anilines is 1. The Morgan fingerprint density at radius 1 is 1.06 bits per heavy atom. The van der Waals surface area contributed by atoms with Crippen LogP contribution in [0.2, 0.25) is 5.02 Å². The first-order chi connectivity index (χ1) is 16.1. The molecule has 2 amide bonds. The van der Waals surface area contributed by atoms with E-state index in [9.17, 15) is 18.0 Å². The average molecular weight is 508 g/mol. The van der Waals surface area contributed by atoms with Gasteiger partial charge in [0.2, 0.25) is 21.8 Å². The monoisotopic (exact) mass is 507 g/mol. The van der Waals surface area contributed by atoms with Crippen LogP contribution in [0.4, 0.5) is 5.69 Å². The molecule has 0 spiro atoms. The molecule has 0 fully saturated rings. The molecule has 0 aromatic heterocycles. The van der Waals surface area contributed by atoms with Crippen molar-refractivity contribution in [2.75, 3.05) is 24.2 Å². The lowest BCUT2D eigenvalue weighted by Gasteiger charge is -2.31. The number of hydrogen-bond acceptors (Lipinski definition) is 4. The maximum atomic E-state index is 13.3. The molecular formula is C25H34ClN3O4S. The van der Waals surface area contributed by atoms with Crippen LogP contribution in [0, 0.1) is 0 Å². The van der Waals surface area contributed by atoms with Crippen LogP contribution in [0.15, 0.2) is 48.5 Å². The van der Waals surface area contributed by atoms with Crippen LogP contribution in [-0.2, 0) is 32.6 Å². The maximum absolute atomic E-state index is 13.3. The molecule has 1 N–H and O–H groups in total. The van der Waals surface area contributed by atoms with Crippen LogP contribution in [-0.4, -0.2) is 51.0 Å². The van der Waals surface area contributed by atoms with E-state index in [1.807, 2.05) is 38.1 Å². The molecule has 0 saturated heterocycles. The van der Waals surface area contributed by atoms with Gasteiger partial charge in [-0.3, -0.25) is 13.9 Å². The van der Waals surface area contributed by atoms with Crippen molar-refractivity contribution < 1.29 is 18.0 Å². The third-order valence-electron chi connectivity index (χ3n) is 5.72. The zero-order chi connectivity index (χ0) is 25.3. The van der Waals surface area contributed by atoms with E-state index < -0.39 is 16.1 Å². The molecule has 2 aromatic carbocycles. The number of amides is 2. The lowest BCUT2D eigenvalue weighted by Crippen LogP contribution is -2.48. The van der Waals surface area contributed by atoms with Crippen molar-refractivity contribution in [2.24, 2.45) is 0 Å². The van der Waals surface area contributed by atoms with Crippen molar-refractivity contribution in [1.29, 1.82) is 0 Å². The van der Waals surface area contributed by atoms with Gasteiger partial charge in [0, 0.05) is 31.6 Å². The van der Waals surface area contributed by atoms with Gasteiger partial charge in [-0.2, -0.15) is 0 Å². The Bertz CT molecular complexity index is 1070. The fraction of sp³-hybridized carbons (Fsp3) is 0.440. The van der Waals surface area contributed by atoms with Gasteiger partial charge in [-0.1, -0.05) is 55.8 Å². The maximum Gasteiger partial charge on any atom is 0.242 e. The normalized spacial score (nSPS) is 12.1. The molecule has 0 aliphatic heterocycles. The summed E-state index contributed by atoms with van der Waals surface area (Å²) in [6.07, 6.45) is 2.86. The highest BCUT2D eigenvalue weighted by atomic mass is 35.5. The molecule has 2 rings (SSSR count). The van der Waals surface area contributed by atoms with E-state index in [4.69, 9.17) is 11.6 Å². The lowest BCUT2D eigenvalue weighted by molar-refractivity contribution is -0.141. The Morgan fingerprint density at radius 2 is 1.71 bits per heavy atom. The Morgan fingerprint density at radius 3 is 2.24 bits per heavy atom. The summed E-state index contributed by atoms with van der Waals surface area (Å²) < 4.78 is 26.2. The van der Waals surface area contributed by atoms with Crippen LogP contribution in [0.5, 0.6) is 0 Å². The molecule has 0 bridgehead atoms. The van der Waals surface area contributed by atoms with Gasteiger partial charge in [0.05, 0.1) is 11.9 Å². The quantitative estimate of drug-likeness (QED) is 0.470. The predicted octanol–water partition coefficient (Wildman–Crippen LogP) is 4.00. The largest absolute Gasteiger partial charge is 0.357 e. The zero-order valence-electron chi connectivity index (χ0n) is 20.3. The van der Waals surface area contributed by atoms with Crippen LogP contribution in [0.25, 0.3) is 0 Å². The Labute approximate surface area is 208 Å². The van der Waals surface area contributed by atoms with Crippen molar-refractivity contribution in [1.82, 2.24) is 10.2 Å². The Hall–Kier alpha value is -2.58. The fourth-order valence-electron chi connectivity index (χ4n) is 3.80. The number of aryl methyl sites for hydroxylation is 1. The van der Waals surface area contributed by atoms with E-state index in [0.29, 0.717) is 23.6 Å². The number of sulfonamides is 1. The first-order valence-corrected chi connectivity index (χ1v) is 13.7. The van der Waals surface area contributed by atoms with E-state index >= 15 is 0 Å². The zero-order valence-corrected chi connectivity index (χ0v) is 21.8. The highest BCUT2D eigenvalue weighted by Gasteiger charge is 2.28. The molecule has 0 heterocycles. The average Bonchev–Trinajstić information content (AvgIpc) is 2.81. The summed E-state index contributed by atoms with van der Waals surface area (Å²) in [4.78, 5) is 27.3. The summed E-state index contributed by atoms with van der Waals surface area (Å²) in [5.41, 5.74) is 2.42. The van der Waals surface area contributed by atoms with Gasteiger partial charge in [0.1, 0.15) is 6.04 Å². The predicted molar refractivity (Wildman–Crippen MR) is 137 cm³/mol. The molecule has 186 valence electrons.